The monoisotopic (exact) mass is 534 g/mol. The van der Waals surface area contributed by atoms with Gasteiger partial charge >= 0.3 is 0 Å². The fourth-order valence-corrected chi connectivity index (χ4v) is 3.82. The van der Waals surface area contributed by atoms with E-state index >= 15 is 0 Å². The van der Waals surface area contributed by atoms with Crippen LogP contribution in [-0.4, -0.2) is 70.7 Å². The minimum atomic E-state index is -1.31. The lowest BCUT2D eigenvalue weighted by Crippen LogP contribution is -2.58. The lowest BCUT2D eigenvalue weighted by atomic mass is 10.0. The van der Waals surface area contributed by atoms with Gasteiger partial charge in [0.15, 0.2) is 0 Å². The predicted octanol–water partition coefficient (Wildman–Crippen LogP) is 1.39. The topological polar surface area (TPSA) is 157 Å². The van der Waals surface area contributed by atoms with E-state index in [2.05, 4.69) is 35.1 Å². The number of allylic oxidation sites excluding steroid dienone is 3. The largest absolute Gasteiger partial charge is 0.393 e. The minimum absolute atomic E-state index is 0.105. The Morgan fingerprint density at radius 1 is 1.16 bits per heavy atom. The first-order chi connectivity index (χ1) is 18.0. The summed E-state index contributed by atoms with van der Waals surface area (Å²) in [5.41, 5.74) is 0. The molecule has 6 N–H and O–H groups in total. The Hall–Kier alpha value is -2.98. The third-order valence-corrected chi connectivity index (χ3v) is 6.03. The van der Waals surface area contributed by atoms with Crippen LogP contribution in [0.4, 0.5) is 0 Å². The normalized spacial score (nSPS) is 23.7. The standard InChI is InChI=1S/C28H46N4O6/c1-19(2)12-10-8-6-5-7-9-11-13-25(36)32-26(21(4)33)28(38)31-23-18-22(34)16-17-29-24(35)15-14-20(3)30-27(23)37/h7,9,11,13-15,19-23,26,33-34H,5-6,8,10,12,16-18H2,1-4H3,(H,29,35)(H,30,37)(H,31,38)(H,32,36)/b9-7+,13-11+,15-14+/t20-,21+,22?,23?,26-/m0/s1. The molecule has 0 aromatic carbocycles. The lowest BCUT2D eigenvalue weighted by Gasteiger charge is -2.26. The zero-order valence-corrected chi connectivity index (χ0v) is 23.1. The molecule has 2 unspecified atom stereocenters. The van der Waals surface area contributed by atoms with Crippen LogP contribution in [0.2, 0.25) is 0 Å². The van der Waals surface area contributed by atoms with Gasteiger partial charge in [-0.3, -0.25) is 19.2 Å². The number of carbonyl (C=O) groups is 4. The third-order valence-electron chi connectivity index (χ3n) is 6.03. The van der Waals surface area contributed by atoms with Crippen molar-refractivity contribution in [3.05, 3.63) is 36.5 Å². The number of unbranched alkanes of at least 4 members (excludes halogenated alkanes) is 3. The summed E-state index contributed by atoms with van der Waals surface area (Å²) in [5.74, 6) is -1.49. The highest BCUT2D eigenvalue weighted by molar-refractivity contribution is 5.95. The zero-order chi connectivity index (χ0) is 28.5. The first-order valence-electron chi connectivity index (χ1n) is 13.6. The molecular formula is C28H46N4O6. The van der Waals surface area contributed by atoms with Crippen LogP contribution in [0.5, 0.6) is 0 Å². The molecule has 0 spiro atoms. The molecule has 0 aliphatic carbocycles. The van der Waals surface area contributed by atoms with Crippen molar-refractivity contribution < 1.29 is 29.4 Å². The van der Waals surface area contributed by atoms with Gasteiger partial charge in [0.1, 0.15) is 12.1 Å². The quantitative estimate of drug-likeness (QED) is 0.126. The van der Waals surface area contributed by atoms with Crippen LogP contribution < -0.4 is 21.3 Å². The third kappa shape index (κ3) is 14.7. The number of hydrogen-bond acceptors (Lipinski definition) is 6. The van der Waals surface area contributed by atoms with Gasteiger partial charge in [-0.1, -0.05) is 57.4 Å². The number of hydrogen-bond donors (Lipinski definition) is 6. The molecule has 1 aliphatic heterocycles. The van der Waals surface area contributed by atoms with Crippen LogP contribution in [0.15, 0.2) is 36.5 Å². The molecule has 4 amide bonds. The molecule has 1 aliphatic rings. The highest BCUT2D eigenvalue weighted by Crippen LogP contribution is 2.10. The van der Waals surface area contributed by atoms with Gasteiger partial charge in [0.05, 0.1) is 12.2 Å². The Morgan fingerprint density at radius 3 is 2.58 bits per heavy atom. The van der Waals surface area contributed by atoms with Crippen molar-refractivity contribution in [1.29, 1.82) is 0 Å². The highest BCUT2D eigenvalue weighted by Gasteiger charge is 2.31. The summed E-state index contributed by atoms with van der Waals surface area (Å²) in [5, 5.41) is 30.8. The molecule has 0 radical (unpaired) electrons. The van der Waals surface area contributed by atoms with E-state index in [0.29, 0.717) is 0 Å². The molecular weight excluding hydrogens is 488 g/mol. The van der Waals surface area contributed by atoms with Crippen LogP contribution in [-0.2, 0) is 19.2 Å². The van der Waals surface area contributed by atoms with Gasteiger partial charge in [-0.05, 0) is 39.0 Å². The van der Waals surface area contributed by atoms with Crippen LogP contribution >= 0.6 is 0 Å². The van der Waals surface area contributed by atoms with Crippen LogP contribution in [0.1, 0.15) is 72.6 Å². The Morgan fingerprint density at radius 2 is 1.89 bits per heavy atom. The molecule has 10 nitrogen and oxygen atoms in total. The van der Waals surface area contributed by atoms with Crippen LogP contribution in [0.25, 0.3) is 0 Å². The van der Waals surface area contributed by atoms with Crippen LogP contribution in [0.3, 0.4) is 0 Å². The Balaban J connectivity index is 2.70. The van der Waals surface area contributed by atoms with Crippen molar-refractivity contribution in [2.75, 3.05) is 6.54 Å². The SMILES string of the molecule is CC(C)CCCCC/C=C/C=C/C(=O)N[C@H](C(=O)NC1CC(O)CCNC(=O)/C=C/[C@H](C)NC1=O)[C@@H](C)O. The minimum Gasteiger partial charge on any atom is -0.393 e. The number of rotatable bonds is 12. The van der Waals surface area contributed by atoms with Crippen molar-refractivity contribution in [3.63, 3.8) is 0 Å². The first kappa shape index (κ1) is 33.0. The molecule has 0 saturated heterocycles. The number of nitrogens with one attached hydrogen (secondary N) is 4. The van der Waals surface area contributed by atoms with Gasteiger partial charge in [0.2, 0.25) is 23.6 Å². The fraction of sp³-hybridized carbons (Fsp3) is 0.643. The van der Waals surface area contributed by atoms with E-state index in [-0.39, 0.29) is 25.3 Å². The molecule has 10 heteroatoms. The summed E-state index contributed by atoms with van der Waals surface area (Å²) in [4.78, 5) is 49.8. The maximum atomic E-state index is 12.9. The maximum absolute atomic E-state index is 12.9. The molecule has 0 aromatic rings. The summed E-state index contributed by atoms with van der Waals surface area (Å²) >= 11 is 0. The second-order valence-corrected chi connectivity index (χ2v) is 10.2. The molecule has 214 valence electrons. The Bertz CT molecular complexity index is 852. The summed E-state index contributed by atoms with van der Waals surface area (Å²) in [7, 11) is 0. The average Bonchev–Trinajstić information content (AvgIpc) is 2.83. The molecule has 1 heterocycles. The van der Waals surface area contributed by atoms with Crippen molar-refractivity contribution in [2.45, 2.75) is 103 Å². The van der Waals surface area contributed by atoms with Crippen LogP contribution in [0, 0.1) is 5.92 Å². The second kappa shape index (κ2) is 18.3. The molecule has 0 bridgehead atoms. The van der Waals surface area contributed by atoms with Crippen molar-refractivity contribution in [2.24, 2.45) is 5.92 Å². The molecule has 5 atom stereocenters. The average molecular weight is 535 g/mol. The van der Waals surface area contributed by atoms with E-state index in [0.717, 1.165) is 18.8 Å². The van der Waals surface area contributed by atoms with E-state index in [4.69, 9.17) is 0 Å². The number of carbonyl (C=O) groups excluding carboxylic acids is 4. The Kier molecular flexibility index (Phi) is 15.9. The van der Waals surface area contributed by atoms with E-state index in [1.54, 1.807) is 19.1 Å². The highest BCUT2D eigenvalue weighted by atomic mass is 16.3. The first-order valence-corrected chi connectivity index (χ1v) is 13.6. The number of amides is 4. The van der Waals surface area contributed by atoms with Crippen molar-refractivity contribution >= 4 is 23.6 Å². The smallest absolute Gasteiger partial charge is 0.245 e. The number of aliphatic hydroxyl groups is 2. The molecule has 38 heavy (non-hydrogen) atoms. The predicted molar refractivity (Wildman–Crippen MR) is 147 cm³/mol. The van der Waals surface area contributed by atoms with E-state index < -0.39 is 48.1 Å². The Labute approximate surface area is 226 Å². The second-order valence-electron chi connectivity index (χ2n) is 10.2. The molecule has 0 fully saturated rings. The fourth-order valence-electron chi connectivity index (χ4n) is 3.82. The molecule has 0 aromatic heterocycles. The summed E-state index contributed by atoms with van der Waals surface area (Å²) in [6.07, 6.45) is 12.9. The van der Waals surface area contributed by atoms with E-state index in [9.17, 15) is 29.4 Å². The molecule has 0 saturated carbocycles. The van der Waals surface area contributed by atoms with E-state index in [1.165, 1.54) is 44.4 Å². The van der Waals surface area contributed by atoms with E-state index in [1.807, 2.05) is 6.08 Å². The summed E-state index contributed by atoms with van der Waals surface area (Å²) < 4.78 is 0. The lowest BCUT2D eigenvalue weighted by molar-refractivity contribution is -0.134. The molecule has 1 rings (SSSR count). The zero-order valence-electron chi connectivity index (χ0n) is 23.1. The van der Waals surface area contributed by atoms with Crippen molar-refractivity contribution in [3.8, 4) is 0 Å². The number of aliphatic hydroxyl groups excluding tert-OH is 2. The maximum Gasteiger partial charge on any atom is 0.245 e. The van der Waals surface area contributed by atoms with Gasteiger partial charge in [-0.25, -0.2) is 0 Å². The van der Waals surface area contributed by atoms with Gasteiger partial charge in [0.25, 0.3) is 0 Å². The summed E-state index contributed by atoms with van der Waals surface area (Å²) in [6, 6.07) is -2.92. The van der Waals surface area contributed by atoms with Gasteiger partial charge in [0, 0.05) is 31.2 Å². The van der Waals surface area contributed by atoms with Gasteiger partial charge in [-0.15, -0.1) is 0 Å². The van der Waals surface area contributed by atoms with Gasteiger partial charge in [-0.2, -0.15) is 0 Å². The summed E-state index contributed by atoms with van der Waals surface area (Å²) in [6.45, 7) is 7.65. The van der Waals surface area contributed by atoms with Crippen molar-refractivity contribution in [1.82, 2.24) is 21.3 Å². The van der Waals surface area contributed by atoms with Gasteiger partial charge < -0.3 is 31.5 Å².